The molecule has 296 valence electrons. The van der Waals surface area contributed by atoms with Crippen LogP contribution in [0.1, 0.15) is 129 Å². The molecular weight excluding hydrogens is 677 g/mol. The first kappa shape index (κ1) is 49.2. The number of hydrogen-bond donors (Lipinski definition) is 2. The smallest absolute Gasteiger partial charge is 0.462 e. The van der Waals surface area contributed by atoms with Crippen molar-refractivity contribution in [1.29, 1.82) is 0 Å². The number of nitrogens with one attached hydrogen (secondary N) is 1. The Morgan fingerprint density at radius 3 is 1.71 bits per heavy atom. The number of ether oxygens (including phenoxy) is 2. The van der Waals surface area contributed by atoms with Gasteiger partial charge >= 0.3 is 19.8 Å². The zero-order chi connectivity index (χ0) is 38.2. The number of likely N-dealkylation sites (N-methyl/N-ethyl adjacent to an activating group) is 1. The van der Waals surface area contributed by atoms with Crippen molar-refractivity contribution in [1.82, 2.24) is 5.32 Å². The molecule has 2 unspecified atom stereocenters. The van der Waals surface area contributed by atoms with Crippen LogP contribution in [0.25, 0.3) is 0 Å². The van der Waals surface area contributed by atoms with Crippen LogP contribution in [0.15, 0.2) is 85.1 Å². The molecule has 0 aromatic rings. The van der Waals surface area contributed by atoms with E-state index in [1.54, 1.807) is 7.05 Å². The Bertz CT molecular complexity index is 1130. The molecule has 0 amide bonds. The van der Waals surface area contributed by atoms with Crippen molar-refractivity contribution in [3.8, 4) is 0 Å². The number of carbonyl (C=O) groups is 2. The summed E-state index contributed by atoms with van der Waals surface area (Å²) in [4.78, 5) is 34.9. The maximum atomic E-state index is 12.5. The molecule has 10 heteroatoms. The summed E-state index contributed by atoms with van der Waals surface area (Å²) in [5.74, 6) is -0.927. The first-order valence-corrected chi connectivity index (χ1v) is 21.0. The lowest BCUT2D eigenvalue weighted by Crippen LogP contribution is -2.29. The molecule has 0 aromatic heterocycles. The minimum atomic E-state index is -4.37. The standard InChI is InChI=1S/C42H70NO8P/c1-4-6-8-10-12-14-16-17-18-19-20-21-22-23-25-27-29-31-33-35-42(45)51-40(39-50-52(46,47)49-37-36-43-3)38-48-41(44)34-32-30-28-26-24-15-13-11-9-7-5-2/h6,8,11-14,17-18,20-21,23,25,29,31,40,43H,4-5,7,9-10,15-16,19,22,24,26-28,30,32-39H2,1-3H3,(H,46,47)/b8-6-,13-11-,14-12-,18-17-,21-20-,25-23-,31-29-. The van der Waals surface area contributed by atoms with Crippen LogP contribution in [0, 0.1) is 0 Å². The molecule has 0 saturated carbocycles. The average molecular weight is 748 g/mol. The fourth-order valence-corrected chi connectivity index (χ4v) is 5.31. The lowest BCUT2D eigenvalue weighted by Gasteiger charge is -2.19. The third-order valence-electron chi connectivity index (χ3n) is 7.51. The van der Waals surface area contributed by atoms with Crippen molar-refractivity contribution in [2.75, 3.05) is 33.4 Å². The highest BCUT2D eigenvalue weighted by molar-refractivity contribution is 7.47. The van der Waals surface area contributed by atoms with Crippen LogP contribution in [0.5, 0.6) is 0 Å². The highest BCUT2D eigenvalue weighted by Crippen LogP contribution is 2.43. The molecule has 0 aliphatic carbocycles. The highest BCUT2D eigenvalue weighted by Gasteiger charge is 2.26. The van der Waals surface area contributed by atoms with Gasteiger partial charge in [-0.2, -0.15) is 0 Å². The lowest BCUT2D eigenvalue weighted by molar-refractivity contribution is -0.161. The van der Waals surface area contributed by atoms with Crippen molar-refractivity contribution in [3.05, 3.63) is 85.1 Å². The van der Waals surface area contributed by atoms with Gasteiger partial charge < -0.3 is 19.7 Å². The molecule has 0 radical (unpaired) electrons. The van der Waals surface area contributed by atoms with E-state index in [1.165, 1.54) is 12.8 Å². The zero-order valence-electron chi connectivity index (χ0n) is 32.5. The van der Waals surface area contributed by atoms with Crippen molar-refractivity contribution in [3.63, 3.8) is 0 Å². The SMILES string of the molecule is CC/C=C\C/C=C\C/C=C\C/C=C\C/C=C\C/C=C\CCC(=O)OC(COC(=O)CCCCCCC/C=C\CCCC)COP(=O)(O)OCCNC. The van der Waals surface area contributed by atoms with E-state index in [-0.39, 0.29) is 26.1 Å². The maximum absolute atomic E-state index is 12.5. The van der Waals surface area contributed by atoms with Gasteiger partial charge in [-0.1, -0.05) is 131 Å². The van der Waals surface area contributed by atoms with Gasteiger partial charge in [-0.3, -0.25) is 18.6 Å². The molecule has 0 saturated heterocycles. The van der Waals surface area contributed by atoms with Crippen LogP contribution in [0.4, 0.5) is 0 Å². The van der Waals surface area contributed by atoms with Gasteiger partial charge in [0, 0.05) is 19.4 Å². The number of phosphoric ester groups is 1. The van der Waals surface area contributed by atoms with Crippen LogP contribution in [-0.2, 0) is 32.7 Å². The van der Waals surface area contributed by atoms with Gasteiger partial charge in [-0.05, 0) is 77.7 Å². The van der Waals surface area contributed by atoms with Gasteiger partial charge in [0.25, 0.3) is 0 Å². The largest absolute Gasteiger partial charge is 0.472 e. The van der Waals surface area contributed by atoms with Crippen molar-refractivity contribution in [2.45, 2.75) is 136 Å². The fourth-order valence-electron chi connectivity index (χ4n) is 4.56. The second kappa shape index (κ2) is 37.9. The third-order valence-corrected chi connectivity index (χ3v) is 8.50. The highest BCUT2D eigenvalue weighted by atomic mass is 31.2. The topological polar surface area (TPSA) is 120 Å². The molecule has 2 atom stereocenters. The molecule has 0 fully saturated rings. The molecule has 0 bridgehead atoms. The van der Waals surface area contributed by atoms with E-state index in [9.17, 15) is 19.0 Å². The molecule has 2 N–H and O–H groups in total. The first-order chi connectivity index (χ1) is 25.3. The second-order valence-electron chi connectivity index (χ2n) is 12.4. The number of carbonyl (C=O) groups excluding carboxylic acids is 2. The van der Waals surface area contributed by atoms with Gasteiger partial charge in [0.05, 0.1) is 13.2 Å². The summed E-state index contributed by atoms with van der Waals surface area (Å²) in [7, 11) is -2.69. The molecule has 0 aromatic carbocycles. The van der Waals surface area contributed by atoms with E-state index in [0.717, 1.165) is 77.0 Å². The van der Waals surface area contributed by atoms with Gasteiger partial charge in [0.15, 0.2) is 6.10 Å². The number of esters is 2. The van der Waals surface area contributed by atoms with Crippen molar-refractivity contribution >= 4 is 19.8 Å². The number of hydrogen-bond acceptors (Lipinski definition) is 8. The van der Waals surface area contributed by atoms with E-state index in [1.807, 2.05) is 12.2 Å². The summed E-state index contributed by atoms with van der Waals surface area (Å²) in [6.07, 6.45) is 45.0. The Morgan fingerprint density at radius 2 is 1.13 bits per heavy atom. The maximum Gasteiger partial charge on any atom is 0.472 e. The number of allylic oxidation sites excluding steroid dienone is 14. The van der Waals surface area contributed by atoms with Gasteiger partial charge in [-0.25, -0.2) is 4.57 Å². The Kier molecular flexibility index (Phi) is 35.9. The van der Waals surface area contributed by atoms with Gasteiger partial charge in [0.1, 0.15) is 6.61 Å². The monoisotopic (exact) mass is 747 g/mol. The molecular formula is C42H70NO8P. The first-order valence-electron chi connectivity index (χ1n) is 19.5. The van der Waals surface area contributed by atoms with Crippen LogP contribution < -0.4 is 5.32 Å². The summed E-state index contributed by atoms with van der Waals surface area (Å²) >= 11 is 0. The Labute approximate surface area is 316 Å². The predicted molar refractivity (Wildman–Crippen MR) is 215 cm³/mol. The molecule has 9 nitrogen and oxygen atoms in total. The molecule has 0 heterocycles. The normalized spacial score (nSPS) is 14.3. The Balaban J connectivity index is 4.45. The van der Waals surface area contributed by atoms with E-state index in [2.05, 4.69) is 92.1 Å². The number of unbranched alkanes of at least 4 members (excludes halogenated alkanes) is 7. The van der Waals surface area contributed by atoms with Crippen LogP contribution in [0.2, 0.25) is 0 Å². The summed E-state index contributed by atoms with van der Waals surface area (Å²) in [5.41, 5.74) is 0. The number of phosphoric acid groups is 1. The fraction of sp³-hybridized carbons (Fsp3) is 0.619. The molecule has 0 aliphatic rings. The van der Waals surface area contributed by atoms with E-state index in [4.69, 9.17) is 18.5 Å². The quantitative estimate of drug-likeness (QED) is 0.0282. The van der Waals surface area contributed by atoms with Crippen molar-refractivity contribution in [2.24, 2.45) is 0 Å². The van der Waals surface area contributed by atoms with Gasteiger partial charge in [-0.15, -0.1) is 0 Å². The predicted octanol–water partition coefficient (Wildman–Crippen LogP) is 10.7. The van der Waals surface area contributed by atoms with E-state index in [0.29, 0.717) is 19.4 Å². The summed E-state index contributed by atoms with van der Waals surface area (Å²) in [6.45, 7) is 3.94. The summed E-state index contributed by atoms with van der Waals surface area (Å²) in [6, 6.07) is 0. The van der Waals surface area contributed by atoms with E-state index < -0.39 is 32.5 Å². The average Bonchev–Trinajstić information content (AvgIpc) is 3.12. The van der Waals surface area contributed by atoms with Crippen molar-refractivity contribution < 1.29 is 37.6 Å². The van der Waals surface area contributed by atoms with E-state index >= 15 is 0 Å². The number of rotatable bonds is 35. The minimum Gasteiger partial charge on any atom is -0.462 e. The van der Waals surface area contributed by atoms with Crippen LogP contribution >= 0.6 is 7.82 Å². The third kappa shape index (κ3) is 37.0. The summed E-state index contributed by atoms with van der Waals surface area (Å²) in [5, 5.41) is 2.81. The molecule has 0 aliphatic heterocycles. The summed E-state index contributed by atoms with van der Waals surface area (Å²) < 4.78 is 33.0. The van der Waals surface area contributed by atoms with Crippen LogP contribution in [-0.4, -0.2) is 56.3 Å². The Morgan fingerprint density at radius 1 is 0.615 bits per heavy atom. The zero-order valence-corrected chi connectivity index (χ0v) is 33.4. The molecule has 0 spiro atoms. The molecule has 52 heavy (non-hydrogen) atoms. The second-order valence-corrected chi connectivity index (χ2v) is 13.8. The lowest BCUT2D eigenvalue weighted by atomic mass is 10.1. The Hall–Kier alpha value is -2.81. The van der Waals surface area contributed by atoms with Crippen LogP contribution in [0.3, 0.4) is 0 Å². The molecule has 0 rings (SSSR count). The van der Waals surface area contributed by atoms with Gasteiger partial charge in [0.2, 0.25) is 0 Å². The minimum absolute atomic E-state index is 0.0364.